The zero-order chi connectivity index (χ0) is 21.3. The first-order valence-corrected chi connectivity index (χ1v) is 6.34. The first-order chi connectivity index (χ1) is 11.6. The molecule has 0 heterocycles. The summed E-state index contributed by atoms with van der Waals surface area (Å²) in [5.74, 6) is -10.0. The summed E-state index contributed by atoms with van der Waals surface area (Å²) in [7, 11) is 0. The predicted molar refractivity (Wildman–Crippen MR) is 92.2 cm³/mol. The Bertz CT molecular complexity index is 516. The molecule has 18 heteroatoms. The Labute approximate surface area is 188 Å². The van der Waals surface area contributed by atoms with Crippen molar-refractivity contribution >= 4 is 65.4 Å². The molecular formula is C12H23NaO17. The Kier molecular flexibility index (Phi) is 24.4. The number of carboxylic acids is 6. The number of rotatable bonds is 10. The van der Waals surface area contributed by atoms with Crippen molar-refractivity contribution in [2.45, 2.75) is 36.9 Å². The Morgan fingerprint density at radius 2 is 0.600 bits per heavy atom. The van der Waals surface area contributed by atoms with E-state index in [0.29, 0.717) is 0 Å². The molecule has 0 unspecified atom stereocenters. The van der Waals surface area contributed by atoms with E-state index < -0.39 is 72.7 Å². The SMILES string of the molecule is O.O.O.O=C(O)CC(O)(CC(=O)O)C(=O)O.O=C(O)CC(O)(CC(=O)O)C(=O)O.[NaH]. The van der Waals surface area contributed by atoms with E-state index in [2.05, 4.69) is 0 Å². The van der Waals surface area contributed by atoms with E-state index >= 15 is 0 Å². The van der Waals surface area contributed by atoms with Crippen LogP contribution in [0.2, 0.25) is 0 Å². The van der Waals surface area contributed by atoms with Gasteiger partial charge in [0.15, 0.2) is 11.2 Å². The van der Waals surface area contributed by atoms with Crippen molar-refractivity contribution in [3.05, 3.63) is 0 Å². The molecule has 0 aliphatic heterocycles. The zero-order valence-corrected chi connectivity index (χ0v) is 14.4. The standard InChI is InChI=1S/2C6H8O7.Na.3H2O.H/c2*7-3(8)1-6(13,5(11)12)2-4(9)10;;;;;/h2*13H,1-2H2,(H,7,8)(H,9,10)(H,11,12);;3*1H2;. The quantitative estimate of drug-likeness (QED) is 0.140. The molecule has 0 aromatic rings. The van der Waals surface area contributed by atoms with Crippen LogP contribution >= 0.6 is 0 Å². The van der Waals surface area contributed by atoms with Crippen LogP contribution in [0.1, 0.15) is 25.7 Å². The number of hydrogen-bond acceptors (Lipinski definition) is 8. The van der Waals surface area contributed by atoms with Gasteiger partial charge < -0.3 is 57.3 Å². The van der Waals surface area contributed by atoms with Gasteiger partial charge in [-0.15, -0.1) is 0 Å². The Morgan fingerprint density at radius 1 is 0.467 bits per heavy atom. The van der Waals surface area contributed by atoms with E-state index in [1.54, 1.807) is 0 Å². The zero-order valence-electron chi connectivity index (χ0n) is 14.4. The Morgan fingerprint density at radius 3 is 0.667 bits per heavy atom. The molecule has 0 fully saturated rings. The molecule has 0 saturated carbocycles. The molecule has 0 saturated heterocycles. The first kappa shape index (κ1) is 41.9. The molecule has 0 radical (unpaired) electrons. The Hall–Kier alpha value is -2.38. The second kappa shape index (κ2) is 17.5. The molecule has 0 aliphatic carbocycles. The van der Waals surface area contributed by atoms with Crippen molar-refractivity contribution in [1.82, 2.24) is 0 Å². The average Bonchev–Trinajstić information content (AvgIpc) is 2.34. The topological polar surface area (TPSA) is 359 Å². The van der Waals surface area contributed by atoms with Crippen LogP contribution in [0.3, 0.4) is 0 Å². The third kappa shape index (κ3) is 17.7. The van der Waals surface area contributed by atoms with Crippen LogP contribution in [0, 0.1) is 0 Å². The Balaban J connectivity index is -0.0000000847. The van der Waals surface area contributed by atoms with Crippen LogP contribution in [-0.2, 0) is 28.8 Å². The summed E-state index contributed by atoms with van der Waals surface area (Å²) in [5.41, 5.74) is -5.48. The summed E-state index contributed by atoms with van der Waals surface area (Å²) in [6.45, 7) is 0. The van der Waals surface area contributed by atoms with E-state index in [9.17, 15) is 28.8 Å². The minimum absolute atomic E-state index is 0. The second-order valence-corrected chi connectivity index (χ2v) is 4.96. The van der Waals surface area contributed by atoms with Crippen LogP contribution in [0.15, 0.2) is 0 Å². The van der Waals surface area contributed by atoms with Gasteiger partial charge in [-0.05, 0) is 0 Å². The molecule has 0 amide bonds. The molecular weight excluding hydrogens is 439 g/mol. The molecule has 0 spiro atoms. The number of carbonyl (C=O) groups is 6. The molecule has 14 N–H and O–H groups in total. The van der Waals surface area contributed by atoms with Crippen molar-refractivity contribution < 1.29 is 86.0 Å². The maximum absolute atomic E-state index is 10.3. The fourth-order valence-corrected chi connectivity index (χ4v) is 1.43. The number of aliphatic hydroxyl groups is 2. The average molecular weight is 462 g/mol. The van der Waals surface area contributed by atoms with Gasteiger partial charge in [-0.3, -0.25) is 19.2 Å². The summed E-state index contributed by atoms with van der Waals surface area (Å²) >= 11 is 0. The number of carboxylic acid groups (broad SMARTS) is 6. The van der Waals surface area contributed by atoms with Gasteiger partial charge in [0.05, 0.1) is 25.7 Å². The minimum atomic E-state index is -2.74. The van der Waals surface area contributed by atoms with Crippen molar-refractivity contribution in [1.29, 1.82) is 0 Å². The van der Waals surface area contributed by atoms with Gasteiger partial charge >= 0.3 is 65.4 Å². The van der Waals surface area contributed by atoms with Crippen LogP contribution in [0.4, 0.5) is 0 Å². The molecule has 17 nitrogen and oxygen atoms in total. The fourth-order valence-electron chi connectivity index (χ4n) is 1.43. The summed E-state index contributed by atoms with van der Waals surface area (Å²) < 4.78 is 0. The monoisotopic (exact) mass is 462 g/mol. The number of aliphatic carboxylic acids is 6. The summed E-state index contributed by atoms with van der Waals surface area (Å²) in [6, 6.07) is 0. The molecule has 0 bridgehead atoms. The van der Waals surface area contributed by atoms with Crippen LogP contribution < -0.4 is 0 Å². The summed E-state index contributed by atoms with van der Waals surface area (Å²) in [6.07, 6.45) is -4.58. The van der Waals surface area contributed by atoms with Crippen LogP contribution in [0.5, 0.6) is 0 Å². The molecule has 0 aromatic carbocycles. The van der Waals surface area contributed by atoms with Crippen LogP contribution in [-0.4, -0.2) is 134 Å². The van der Waals surface area contributed by atoms with E-state index in [-0.39, 0.29) is 46.0 Å². The van der Waals surface area contributed by atoms with Crippen molar-refractivity contribution in [2.75, 3.05) is 0 Å². The molecule has 0 rings (SSSR count). The first-order valence-electron chi connectivity index (χ1n) is 6.34. The van der Waals surface area contributed by atoms with Gasteiger partial charge in [-0.1, -0.05) is 0 Å². The molecule has 174 valence electrons. The van der Waals surface area contributed by atoms with Crippen molar-refractivity contribution in [3.8, 4) is 0 Å². The number of hydrogen-bond donors (Lipinski definition) is 8. The van der Waals surface area contributed by atoms with E-state index in [0.717, 1.165) is 0 Å². The van der Waals surface area contributed by atoms with Gasteiger partial charge in [0.2, 0.25) is 0 Å². The maximum atomic E-state index is 10.3. The molecule has 0 aromatic heterocycles. The summed E-state index contributed by atoms with van der Waals surface area (Å²) in [5, 5.41) is 67.6. The van der Waals surface area contributed by atoms with Crippen molar-refractivity contribution in [2.24, 2.45) is 0 Å². The van der Waals surface area contributed by atoms with E-state index in [1.807, 2.05) is 0 Å². The second-order valence-electron chi connectivity index (χ2n) is 4.96. The van der Waals surface area contributed by atoms with E-state index in [4.69, 9.17) is 40.9 Å². The third-order valence-corrected chi connectivity index (χ3v) is 2.57. The third-order valence-electron chi connectivity index (χ3n) is 2.57. The van der Waals surface area contributed by atoms with E-state index in [1.165, 1.54) is 0 Å². The predicted octanol–water partition coefficient (Wildman–Crippen LogP) is -5.62. The van der Waals surface area contributed by atoms with Gasteiger partial charge in [0.25, 0.3) is 0 Å². The fraction of sp³-hybridized carbons (Fsp3) is 0.500. The van der Waals surface area contributed by atoms with Crippen molar-refractivity contribution in [3.63, 3.8) is 0 Å². The van der Waals surface area contributed by atoms with Gasteiger partial charge in [0, 0.05) is 0 Å². The van der Waals surface area contributed by atoms with Crippen LogP contribution in [0.25, 0.3) is 0 Å². The normalized spacial score (nSPS) is 9.40. The van der Waals surface area contributed by atoms with Gasteiger partial charge in [0.1, 0.15) is 0 Å². The molecule has 30 heavy (non-hydrogen) atoms. The summed E-state index contributed by atoms with van der Waals surface area (Å²) in [4.78, 5) is 61.0. The van der Waals surface area contributed by atoms with Gasteiger partial charge in [-0.25, -0.2) is 9.59 Å². The van der Waals surface area contributed by atoms with Gasteiger partial charge in [-0.2, -0.15) is 0 Å². The molecule has 0 atom stereocenters. The molecule has 0 aliphatic rings.